The number of carbonyl (C=O) groups excluding carboxylic acids is 1. The third-order valence-corrected chi connectivity index (χ3v) is 4.67. The zero-order valence-corrected chi connectivity index (χ0v) is 16.5. The SMILES string of the molecule is N#C/C(=C/c1cc(Br)c(O)c(Br)c1)C(=O)Nc1cc(Cl)ccc1Cl. The van der Waals surface area contributed by atoms with E-state index >= 15 is 0 Å². The van der Waals surface area contributed by atoms with Crippen molar-refractivity contribution in [1.82, 2.24) is 0 Å². The van der Waals surface area contributed by atoms with E-state index in [1.165, 1.54) is 12.1 Å². The maximum absolute atomic E-state index is 12.3. The van der Waals surface area contributed by atoms with Crippen LogP contribution >= 0.6 is 55.1 Å². The molecule has 2 aromatic rings. The number of nitrogens with zero attached hydrogens (tertiary/aromatic N) is 1. The predicted molar refractivity (Wildman–Crippen MR) is 102 cm³/mol. The number of anilines is 1. The molecule has 2 N–H and O–H groups in total. The lowest BCUT2D eigenvalue weighted by Gasteiger charge is -2.07. The second-order valence-electron chi connectivity index (χ2n) is 4.58. The normalized spacial score (nSPS) is 11.0. The highest BCUT2D eigenvalue weighted by molar-refractivity contribution is 9.11. The fourth-order valence-electron chi connectivity index (χ4n) is 1.77. The molecule has 0 bridgehead atoms. The van der Waals surface area contributed by atoms with Crippen LogP contribution in [0.25, 0.3) is 6.08 Å². The second kappa shape index (κ2) is 8.04. The van der Waals surface area contributed by atoms with Gasteiger partial charge in [0.2, 0.25) is 0 Å². The number of nitriles is 1. The first-order chi connectivity index (χ1) is 11.3. The van der Waals surface area contributed by atoms with Crippen LogP contribution in [0.1, 0.15) is 5.56 Å². The van der Waals surface area contributed by atoms with Gasteiger partial charge in [0, 0.05) is 5.02 Å². The Bertz CT molecular complexity index is 869. The number of hydrogen-bond acceptors (Lipinski definition) is 3. The number of halogens is 4. The summed E-state index contributed by atoms with van der Waals surface area (Å²) in [6.07, 6.45) is 1.39. The van der Waals surface area contributed by atoms with Gasteiger partial charge in [0.1, 0.15) is 17.4 Å². The van der Waals surface area contributed by atoms with Crippen molar-refractivity contribution >= 4 is 72.7 Å². The van der Waals surface area contributed by atoms with Crippen LogP contribution < -0.4 is 5.32 Å². The molecule has 0 saturated heterocycles. The highest BCUT2D eigenvalue weighted by Crippen LogP contribution is 2.34. The molecular weight excluding hydrogens is 483 g/mol. The first kappa shape index (κ1) is 18.8. The third-order valence-electron chi connectivity index (χ3n) is 2.89. The van der Waals surface area contributed by atoms with Crippen LogP contribution in [0.15, 0.2) is 44.9 Å². The number of carbonyl (C=O) groups is 1. The molecule has 8 heteroatoms. The lowest BCUT2D eigenvalue weighted by molar-refractivity contribution is -0.112. The van der Waals surface area contributed by atoms with E-state index in [0.29, 0.717) is 30.2 Å². The Morgan fingerprint density at radius 1 is 1.21 bits per heavy atom. The fourth-order valence-corrected chi connectivity index (χ4v) is 3.33. The van der Waals surface area contributed by atoms with Gasteiger partial charge in [-0.3, -0.25) is 4.79 Å². The summed E-state index contributed by atoms with van der Waals surface area (Å²) in [6.45, 7) is 0. The molecule has 122 valence electrons. The zero-order valence-electron chi connectivity index (χ0n) is 11.8. The lowest BCUT2D eigenvalue weighted by Crippen LogP contribution is -2.13. The highest BCUT2D eigenvalue weighted by Gasteiger charge is 2.13. The Morgan fingerprint density at radius 3 is 2.42 bits per heavy atom. The van der Waals surface area contributed by atoms with Gasteiger partial charge in [-0.1, -0.05) is 23.2 Å². The molecule has 2 aromatic carbocycles. The molecule has 0 atom stereocenters. The molecule has 0 fully saturated rings. The van der Waals surface area contributed by atoms with E-state index in [-0.39, 0.29) is 11.3 Å². The van der Waals surface area contributed by atoms with Crippen LogP contribution in [-0.2, 0) is 4.79 Å². The van der Waals surface area contributed by atoms with E-state index in [4.69, 9.17) is 23.2 Å². The summed E-state index contributed by atoms with van der Waals surface area (Å²) in [5, 5.41) is 22.2. The number of nitrogens with one attached hydrogen (secondary N) is 1. The van der Waals surface area contributed by atoms with E-state index in [0.717, 1.165) is 0 Å². The van der Waals surface area contributed by atoms with Crippen molar-refractivity contribution < 1.29 is 9.90 Å². The van der Waals surface area contributed by atoms with Crippen LogP contribution in [0, 0.1) is 11.3 Å². The molecular formula is C16H8Br2Cl2N2O2. The van der Waals surface area contributed by atoms with Gasteiger partial charge in [0.15, 0.2) is 0 Å². The van der Waals surface area contributed by atoms with Crippen LogP contribution in [0.2, 0.25) is 10.0 Å². The van der Waals surface area contributed by atoms with Crippen LogP contribution in [0.3, 0.4) is 0 Å². The van der Waals surface area contributed by atoms with Crippen molar-refractivity contribution in [1.29, 1.82) is 5.26 Å². The van der Waals surface area contributed by atoms with Gasteiger partial charge in [0.05, 0.1) is 19.7 Å². The molecule has 0 aliphatic heterocycles. The van der Waals surface area contributed by atoms with Crippen molar-refractivity contribution in [2.75, 3.05) is 5.32 Å². The van der Waals surface area contributed by atoms with Crippen molar-refractivity contribution in [3.8, 4) is 11.8 Å². The number of phenolic OH excluding ortho intramolecular Hbond substituents is 1. The molecule has 0 unspecified atom stereocenters. The first-order valence-corrected chi connectivity index (χ1v) is 8.72. The van der Waals surface area contributed by atoms with Crippen molar-refractivity contribution in [3.63, 3.8) is 0 Å². The lowest BCUT2D eigenvalue weighted by atomic mass is 10.1. The average Bonchev–Trinajstić information content (AvgIpc) is 2.53. The monoisotopic (exact) mass is 488 g/mol. The number of aromatic hydroxyl groups is 1. The van der Waals surface area contributed by atoms with Gasteiger partial charge in [0.25, 0.3) is 5.91 Å². The summed E-state index contributed by atoms with van der Waals surface area (Å²) >= 11 is 18.2. The summed E-state index contributed by atoms with van der Waals surface area (Å²) in [6, 6.07) is 9.62. The maximum Gasteiger partial charge on any atom is 0.266 e. The Morgan fingerprint density at radius 2 is 1.83 bits per heavy atom. The van der Waals surface area contributed by atoms with E-state index in [1.807, 2.05) is 6.07 Å². The van der Waals surface area contributed by atoms with Gasteiger partial charge in [-0.05, 0) is 73.8 Å². The number of benzene rings is 2. The predicted octanol–water partition coefficient (Wildman–Crippen LogP) is 5.77. The number of phenols is 1. The second-order valence-corrected chi connectivity index (χ2v) is 7.13. The summed E-state index contributed by atoms with van der Waals surface area (Å²) in [5.74, 6) is -0.595. The molecule has 4 nitrogen and oxygen atoms in total. The Kier molecular flexibility index (Phi) is 6.30. The maximum atomic E-state index is 12.3. The minimum Gasteiger partial charge on any atom is -0.506 e. The quantitative estimate of drug-likeness (QED) is 0.424. The Labute approximate surface area is 164 Å². The number of amides is 1. The van der Waals surface area contributed by atoms with Gasteiger partial charge in [-0.2, -0.15) is 5.26 Å². The summed E-state index contributed by atoms with van der Waals surface area (Å²) in [7, 11) is 0. The first-order valence-electron chi connectivity index (χ1n) is 6.38. The van der Waals surface area contributed by atoms with Gasteiger partial charge in [-0.25, -0.2) is 0 Å². The Balaban J connectivity index is 2.32. The molecule has 0 aliphatic rings. The summed E-state index contributed by atoms with van der Waals surface area (Å²) in [4.78, 5) is 12.3. The smallest absolute Gasteiger partial charge is 0.266 e. The van der Waals surface area contributed by atoms with Gasteiger partial charge in [-0.15, -0.1) is 0 Å². The average molecular weight is 491 g/mol. The molecule has 0 heterocycles. The van der Waals surface area contributed by atoms with Crippen molar-refractivity contribution in [3.05, 3.63) is 60.5 Å². The van der Waals surface area contributed by atoms with Gasteiger partial charge < -0.3 is 10.4 Å². The zero-order chi connectivity index (χ0) is 17.9. The van der Waals surface area contributed by atoms with E-state index < -0.39 is 5.91 Å². The van der Waals surface area contributed by atoms with Crippen LogP contribution in [-0.4, -0.2) is 11.0 Å². The number of hydrogen-bond donors (Lipinski definition) is 2. The molecule has 0 aromatic heterocycles. The molecule has 0 saturated carbocycles. The standard InChI is InChI=1S/C16H8Br2Cl2N2O2/c17-11-4-8(5-12(18)15(11)23)3-9(7-21)16(24)22-14-6-10(19)1-2-13(14)20/h1-6,23H,(H,22,24)/b9-3-. The minimum atomic E-state index is -0.623. The molecule has 1 amide bonds. The van der Waals surface area contributed by atoms with Crippen molar-refractivity contribution in [2.45, 2.75) is 0 Å². The van der Waals surface area contributed by atoms with Crippen LogP contribution in [0.4, 0.5) is 5.69 Å². The number of rotatable bonds is 3. The topological polar surface area (TPSA) is 73.1 Å². The third kappa shape index (κ3) is 4.52. The largest absolute Gasteiger partial charge is 0.506 e. The molecule has 0 spiro atoms. The molecule has 2 rings (SSSR count). The summed E-state index contributed by atoms with van der Waals surface area (Å²) < 4.78 is 0.859. The molecule has 0 radical (unpaired) electrons. The minimum absolute atomic E-state index is 0.0285. The van der Waals surface area contributed by atoms with E-state index in [2.05, 4.69) is 37.2 Å². The van der Waals surface area contributed by atoms with E-state index in [9.17, 15) is 15.2 Å². The van der Waals surface area contributed by atoms with Gasteiger partial charge >= 0.3 is 0 Å². The van der Waals surface area contributed by atoms with Crippen LogP contribution in [0.5, 0.6) is 5.75 Å². The van der Waals surface area contributed by atoms with E-state index in [1.54, 1.807) is 24.3 Å². The Hall–Kier alpha value is -1.52. The summed E-state index contributed by atoms with van der Waals surface area (Å²) in [5.41, 5.74) is 0.731. The van der Waals surface area contributed by atoms with Crippen molar-refractivity contribution in [2.24, 2.45) is 0 Å². The fraction of sp³-hybridized carbons (Fsp3) is 0. The highest BCUT2D eigenvalue weighted by atomic mass is 79.9. The molecule has 0 aliphatic carbocycles. The molecule has 24 heavy (non-hydrogen) atoms.